The Morgan fingerprint density at radius 1 is 1.11 bits per heavy atom. The van der Waals surface area contributed by atoms with Gasteiger partial charge in [0.2, 0.25) is 0 Å². The second kappa shape index (κ2) is 6.23. The predicted molar refractivity (Wildman–Crippen MR) is 61.9 cm³/mol. The van der Waals surface area contributed by atoms with Crippen molar-refractivity contribution in [1.29, 1.82) is 0 Å². The number of esters is 1. The molecule has 0 fully saturated rings. The molecule has 0 aliphatic heterocycles. The van der Waals surface area contributed by atoms with Gasteiger partial charge in [0.15, 0.2) is 0 Å². The molecule has 0 aliphatic rings. The largest absolute Gasteiger partial charge is 0.481 e. The van der Waals surface area contributed by atoms with Gasteiger partial charge in [0.1, 0.15) is 6.04 Å². The van der Waals surface area contributed by atoms with E-state index in [0.717, 1.165) is 14.2 Å². The fraction of sp³-hybridized carbons (Fsp3) is 0.727. The van der Waals surface area contributed by atoms with Crippen LogP contribution >= 0.6 is 0 Å². The van der Waals surface area contributed by atoms with Crippen molar-refractivity contribution in [1.82, 2.24) is 5.32 Å². The minimum absolute atomic E-state index is 0.744. The fourth-order valence-electron chi connectivity index (χ4n) is 1.60. The normalized spacial score (nSPS) is 14.3. The van der Waals surface area contributed by atoms with E-state index in [4.69, 9.17) is 0 Å². The second-order valence-electron chi connectivity index (χ2n) is 4.82. The molecule has 7 nitrogen and oxygen atoms in total. The molecule has 0 heterocycles. The van der Waals surface area contributed by atoms with Crippen molar-refractivity contribution in [3.05, 3.63) is 0 Å². The first kappa shape index (κ1) is 16.2. The van der Waals surface area contributed by atoms with Crippen LogP contribution in [0.1, 0.15) is 20.8 Å². The molecule has 7 heteroatoms. The number of hydrogen-bond donors (Lipinski definition) is 2. The summed E-state index contributed by atoms with van der Waals surface area (Å²) in [5.74, 6) is -3.17. The molecule has 0 aromatic heterocycles. The highest BCUT2D eigenvalue weighted by atomic mass is 16.5. The first-order valence-electron chi connectivity index (χ1n) is 5.30. The zero-order chi connectivity index (χ0) is 14.5. The van der Waals surface area contributed by atoms with Crippen molar-refractivity contribution in [2.45, 2.75) is 26.8 Å². The quantitative estimate of drug-likeness (QED) is 0.720. The average Bonchev–Trinajstić information content (AvgIpc) is 2.24. The Balaban J connectivity index is 5.31. The van der Waals surface area contributed by atoms with E-state index in [0.29, 0.717) is 0 Å². The second-order valence-corrected chi connectivity index (χ2v) is 4.82. The van der Waals surface area contributed by atoms with E-state index < -0.39 is 35.4 Å². The number of carboxylic acids is 1. The minimum atomic E-state index is -1.31. The summed E-state index contributed by atoms with van der Waals surface area (Å²) in [6.45, 7) is 4.96. The Hall–Kier alpha value is -1.79. The van der Waals surface area contributed by atoms with E-state index in [-0.39, 0.29) is 0 Å². The number of carbonyl (C=O) groups excluding carboxylic acids is 2. The van der Waals surface area contributed by atoms with E-state index >= 15 is 0 Å². The molecular weight excluding hydrogens is 242 g/mol. The number of aliphatic carboxylic acids is 1. The maximum absolute atomic E-state index is 11.6. The molecule has 0 aromatic carbocycles. The Morgan fingerprint density at radius 3 is 1.89 bits per heavy atom. The number of methoxy groups -OCH3 is 2. The lowest BCUT2D eigenvalue weighted by molar-refractivity contribution is -0.156. The molecule has 0 bridgehead atoms. The van der Waals surface area contributed by atoms with Gasteiger partial charge in [-0.25, -0.2) is 9.59 Å². The summed E-state index contributed by atoms with van der Waals surface area (Å²) in [7, 11) is 2.24. The topological polar surface area (TPSA) is 102 Å². The SMILES string of the molecule is COC(=O)NC(C(=O)OC)C(C(=O)O)C(C)(C)C. The Morgan fingerprint density at radius 2 is 1.61 bits per heavy atom. The molecule has 0 saturated heterocycles. The van der Waals surface area contributed by atoms with E-state index in [1.807, 2.05) is 0 Å². The van der Waals surface area contributed by atoms with Crippen LogP contribution in [0.2, 0.25) is 0 Å². The summed E-state index contributed by atoms with van der Waals surface area (Å²) in [4.78, 5) is 34.0. The molecule has 0 aromatic rings. The molecule has 1 amide bonds. The standard InChI is InChI=1S/C11H19NO6/c1-11(2,3)6(8(13)14)7(9(15)17-4)12-10(16)18-5/h6-7H,1-5H3,(H,12,16)(H,13,14). The van der Waals surface area contributed by atoms with Crippen molar-refractivity contribution >= 4 is 18.0 Å². The van der Waals surface area contributed by atoms with Crippen LogP contribution in [0.3, 0.4) is 0 Å². The third-order valence-corrected chi connectivity index (χ3v) is 2.45. The molecule has 0 aliphatic carbocycles. The minimum Gasteiger partial charge on any atom is -0.481 e. The Labute approximate surface area is 105 Å². The zero-order valence-corrected chi connectivity index (χ0v) is 11.1. The zero-order valence-electron chi connectivity index (χ0n) is 11.1. The average molecular weight is 261 g/mol. The molecule has 0 rings (SSSR count). The maximum atomic E-state index is 11.6. The lowest BCUT2D eigenvalue weighted by Gasteiger charge is -2.32. The van der Waals surface area contributed by atoms with Gasteiger partial charge < -0.3 is 19.9 Å². The third kappa shape index (κ3) is 4.23. The van der Waals surface area contributed by atoms with Gasteiger partial charge >= 0.3 is 18.0 Å². The predicted octanol–water partition coefficient (Wildman–Crippen LogP) is 0.631. The first-order valence-corrected chi connectivity index (χ1v) is 5.30. The smallest absolute Gasteiger partial charge is 0.407 e. The van der Waals surface area contributed by atoms with Crippen LogP contribution in [-0.4, -0.2) is 43.4 Å². The van der Waals surface area contributed by atoms with E-state index in [9.17, 15) is 19.5 Å². The Bertz CT molecular complexity index is 333. The van der Waals surface area contributed by atoms with Crippen molar-refractivity contribution in [2.75, 3.05) is 14.2 Å². The van der Waals surface area contributed by atoms with Gasteiger partial charge in [-0.3, -0.25) is 4.79 Å². The number of ether oxygens (including phenoxy) is 2. The molecule has 2 N–H and O–H groups in total. The number of carbonyl (C=O) groups is 3. The van der Waals surface area contributed by atoms with Crippen LogP contribution < -0.4 is 5.32 Å². The van der Waals surface area contributed by atoms with Gasteiger partial charge in [-0.15, -0.1) is 0 Å². The number of carboxylic acid groups (broad SMARTS) is 1. The molecule has 0 radical (unpaired) electrons. The summed E-state index contributed by atoms with van der Waals surface area (Å²) >= 11 is 0. The van der Waals surface area contributed by atoms with Gasteiger partial charge in [-0.05, 0) is 5.41 Å². The van der Waals surface area contributed by atoms with Crippen LogP contribution in [0.4, 0.5) is 4.79 Å². The molecule has 2 atom stereocenters. The van der Waals surface area contributed by atoms with E-state index in [2.05, 4.69) is 14.8 Å². The van der Waals surface area contributed by atoms with Crippen molar-refractivity contribution in [3.8, 4) is 0 Å². The van der Waals surface area contributed by atoms with Gasteiger partial charge in [-0.1, -0.05) is 20.8 Å². The molecule has 18 heavy (non-hydrogen) atoms. The monoisotopic (exact) mass is 261 g/mol. The lowest BCUT2D eigenvalue weighted by atomic mass is 9.76. The fourth-order valence-corrected chi connectivity index (χ4v) is 1.60. The first-order chi connectivity index (χ1) is 8.15. The highest BCUT2D eigenvalue weighted by molar-refractivity contribution is 5.87. The Kier molecular flexibility index (Phi) is 5.61. The van der Waals surface area contributed by atoms with Crippen LogP contribution in [0.15, 0.2) is 0 Å². The van der Waals surface area contributed by atoms with Gasteiger partial charge in [0.25, 0.3) is 0 Å². The van der Waals surface area contributed by atoms with Crippen LogP contribution in [0.25, 0.3) is 0 Å². The lowest BCUT2D eigenvalue weighted by Crippen LogP contribution is -2.53. The highest BCUT2D eigenvalue weighted by Gasteiger charge is 2.43. The maximum Gasteiger partial charge on any atom is 0.407 e. The molecule has 0 spiro atoms. The molecule has 104 valence electrons. The molecular formula is C11H19NO6. The number of hydrogen-bond acceptors (Lipinski definition) is 5. The van der Waals surface area contributed by atoms with Gasteiger partial charge in [0, 0.05) is 0 Å². The van der Waals surface area contributed by atoms with Crippen LogP contribution in [0, 0.1) is 11.3 Å². The van der Waals surface area contributed by atoms with Crippen molar-refractivity contribution in [2.24, 2.45) is 11.3 Å². The van der Waals surface area contributed by atoms with Crippen molar-refractivity contribution in [3.63, 3.8) is 0 Å². The summed E-state index contributed by atoms with van der Waals surface area (Å²) in [5, 5.41) is 11.4. The van der Waals surface area contributed by atoms with Crippen LogP contribution in [0.5, 0.6) is 0 Å². The molecule has 0 saturated carbocycles. The number of nitrogens with one attached hydrogen (secondary N) is 1. The summed E-state index contributed by atoms with van der Waals surface area (Å²) < 4.78 is 8.88. The number of rotatable bonds is 4. The number of amides is 1. The number of alkyl carbamates (subject to hydrolysis) is 1. The van der Waals surface area contributed by atoms with E-state index in [1.54, 1.807) is 20.8 Å². The molecule has 2 unspecified atom stereocenters. The summed E-state index contributed by atoms with van der Waals surface area (Å²) in [6, 6.07) is -1.31. The van der Waals surface area contributed by atoms with Crippen LogP contribution in [-0.2, 0) is 19.1 Å². The highest BCUT2D eigenvalue weighted by Crippen LogP contribution is 2.29. The summed E-state index contributed by atoms with van der Waals surface area (Å²) in [6.07, 6.45) is -0.888. The van der Waals surface area contributed by atoms with Gasteiger partial charge in [-0.2, -0.15) is 0 Å². The van der Waals surface area contributed by atoms with E-state index in [1.165, 1.54) is 0 Å². The van der Waals surface area contributed by atoms with Gasteiger partial charge in [0.05, 0.1) is 20.1 Å². The summed E-state index contributed by atoms with van der Waals surface area (Å²) in [5.41, 5.74) is -0.744. The van der Waals surface area contributed by atoms with Crippen molar-refractivity contribution < 1.29 is 29.0 Å². The third-order valence-electron chi connectivity index (χ3n) is 2.45.